The van der Waals surface area contributed by atoms with E-state index in [-0.39, 0.29) is 28.7 Å². The van der Waals surface area contributed by atoms with Crippen LogP contribution in [0, 0.1) is 11.8 Å². The van der Waals surface area contributed by atoms with Crippen molar-refractivity contribution in [2.24, 2.45) is 11.8 Å². The van der Waals surface area contributed by atoms with Crippen LogP contribution in [0.15, 0.2) is 18.2 Å². The van der Waals surface area contributed by atoms with Crippen LogP contribution in [0.3, 0.4) is 0 Å². The van der Waals surface area contributed by atoms with Crippen LogP contribution in [0.4, 0.5) is 5.69 Å². The molecule has 2 amide bonds. The van der Waals surface area contributed by atoms with Gasteiger partial charge in [0.15, 0.2) is 0 Å². The van der Waals surface area contributed by atoms with Gasteiger partial charge in [-0.1, -0.05) is 11.6 Å². The number of carboxylic acid groups (broad SMARTS) is 1. The Hall–Kier alpha value is -2.08. The molecule has 24 heavy (non-hydrogen) atoms. The number of amides is 2. The first-order valence-electron chi connectivity index (χ1n) is 7.84. The van der Waals surface area contributed by atoms with Gasteiger partial charge in [-0.05, 0) is 43.9 Å². The van der Waals surface area contributed by atoms with Crippen LogP contribution in [0.5, 0.6) is 0 Å². The maximum absolute atomic E-state index is 12.3. The third-order valence-electron chi connectivity index (χ3n) is 4.32. The van der Waals surface area contributed by atoms with E-state index in [2.05, 4.69) is 5.32 Å². The van der Waals surface area contributed by atoms with Crippen molar-refractivity contribution < 1.29 is 19.5 Å². The summed E-state index contributed by atoms with van der Waals surface area (Å²) in [6, 6.07) is 4.78. The van der Waals surface area contributed by atoms with E-state index in [0.717, 1.165) is 0 Å². The number of halogens is 1. The quantitative estimate of drug-likeness (QED) is 0.872. The number of benzene rings is 1. The Bertz CT molecular complexity index is 652. The van der Waals surface area contributed by atoms with E-state index in [1.165, 1.54) is 4.90 Å². The Morgan fingerprint density at radius 1 is 1.12 bits per heavy atom. The molecule has 1 fully saturated rings. The Morgan fingerprint density at radius 3 is 2.21 bits per heavy atom. The van der Waals surface area contributed by atoms with Crippen molar-refractivity contribution in [3.63, 3.8) is 0 Å². The Balaban J connectivity index is 1.99. The second-order valence-corrected chi connectivity index (χ2v) is 6.68. The molecule has 1 aromatic carbocycles. The van der Waals surface area contributed by atoms with E-state index in [9.17, 15) is 14.4 Å². The van der Waals surface area contributed by atoms with E-state index < -0.39 is 5.97 Å². The highest BCUT2D eigenvalue weighted by Gasteiger charge is 2.29. The highest BCUT2D eigenvalue weighted by molar-refractivity contribution is 6.34. The highest BCUT2D eigenvalue weighted by Crippen LogP contribution is 2.30. The smallest absolute Gasteiger partial charge is 0.306 e. The molecular formula is C17H21ClN2O4. The molecular weight excluding hydrogens is 332 g/mol. The van der Waals surface area contributed by atoms with Gasteiger partial charge in [0.2, 0.25) is 5.91 Å². The number of hydrogen-bond donors (Lipinski definition) is 2. The summed E-state index contributed by atoms with van der Waals surface area (Å²) in [5.41, 5.74) is 0.905. The van der Waals surface area contributed by atoms with Crippen LogP contribution in [-0.4, -0.2) is 41.9 Å². The van der Waals surface area contributed by atoms with E-state index in [0.29, 0.717) is 36.9 Å². The van der Waals surface area contributed by atoms with Gasteiger partial charge in [-0.25, -0.2) is 0 Å². The number of hydrogen-bond acceptors (Lipinski definition) is 3. The normalized spacial score (nSPS) is 20.3. The van der Waals surface area contributed by atoms with Crippen molar-refractivity contribution in [1.29, 1.82) is 0 Å². The molecule has 7 heteroatoms. The molecule has 0 atom stereocenters. The molecule has 1 aromatic rings. The molecule has 1 aliphatic rings. The minimum absolute atomic E-state index is 0.137. The lowest BCUT2D eigenvalue weighted by Gasteiger charge is -2.25. The van der Waals surface area contributed by atoms with Gasteiger partial charge < -0.3 is 15.3 Å². The lowest BCUT2D eigenvalue weighted by atomic mass is 9.81. The van der Waals surface area contributed by atoms with E-state index in [4.69, 9.17) is 16.7 Å². The number of anilines is 1. The predicted molar refractivity (Wildman–Crippen MR) is 91.2 cm³/mol. The van der Waals surface area contributed by atoms with Gasteiger partial charge in [-0.2, -0.15) is 0 Å². The van der Waals surface area contributed by atoms with Crippen LogP contribution >= 0.6 is 11.6 Å². The molecule has 2 rings (SSSR count). The van der Waals surface area contributed by atoms with Crippen LogP contribution in [0.25, 0.3) is 0 Å². The van der Waals surface area contributed by atoms with Crippen molar-refractivity contribution in [3.8, 4) is 0 Å². The lowest BCUT2D eigenvalue weighted by molar-refractivity contribution is -0.143. The van der Waals surface area contributed by atoms with Crippen LogP contribution in [-0.2, 0) is 9.59 Å². The first-order chi connectivity index (χ1) is 11.3. The Labute approximate surface area is 145 Å². The second-order valence-electron chi connectivity index (χ2n) is 6.27. The average Bonchev–Trinajstić information content (AvgIpc) is 2.54. The van der Waals surface area contributed by atoms with E-state index >= 15 is 0 Å². The monoisotopic (exact) mass is 352 g/mol. The van der Waals surface area contributed by atoms with E-state index in [1.807, 2.05) is 0 Å². The minimum Gasteiger partial charge on any atom is -0.481 e. The first kappa shape index (κ1) is 18.3. The number of rotatable bonds is 4. The minimum atomic E-state index is -0.790. The standard InChI is InChI=1S/C17H21ClN2O4/c1-20(2)16(22)13-8-7-12(9-14(13)18)19-15(21)10-3-5-11(6-4-10)17(23)24/h7-11H,3-6H2,1-2H3,(H,19,21)(H,23,24). The van der Waals surface area contributed by atoms with Crippen molar-refractivity contribution >= 4 is 35.1 Å². The first-order valence-corrected chi connectivity index (χ1v) is 8.22. The zero-order valence-electron chi connectivity index (χ0n) is 13.7. The van der Waals surface area contributed by atoms with Crippen LogP contribution < -0.4 is 5.32 Å². The maximum atomic E-state index is 12.3. The average molecular weight is 353 g/mol. The van der Waals surface area contributed by atoms with Gasteiger partial charge >= 0.3 is 5.97 Å². The fourth-order valence-electron chi connectivity index (χ4n) is 2.85. The van der Waals surface area contributed by atoms with E-state index in [1.54, 1.807) is 32.3 Å². The van der Waals surface area contributed by atoms with Gasteiger partial charge in [0.1, 0.15) is 0 Å². The largest absolute Gasteiger partial charge is 0.481 e. The molecule has 0 spiro atoms. The van der Waals surface area contributed by atoms with Crippen molar-refractivity contribution in [3.05, 3.63) is 28.8 Å². The van der Waals surface area contributed by atoms with Gasteiger partial charge in [-0.15, -0.1) is 0 Å². The molecule has 0 aromatic heterocycles. The van der Waals surface area contributed by atoms with Gasteiger partial charge in [-0.3, -0.25) is 14.4 Å². The number of nitrogens with one attached hydrogen (secondary N) is 1. The summed E-state index contributed by atoms with van der Waals surface area (Å²) in [7, 11) is 3.28. The molecule has 1 saturated carbocycles. The third-order valence-corrected chi connectivity index (χ3v) is 4.63. The van der Waals surface area contributed by atoms with Crippen molar-refractivity contribution in [2.75, 3.05) is 19.4 Å². The van der Waals surface area contributed by atoms with Gasteiger partial charge in [0, 0.05) is 25.7 Å². The van der Waals surface area contributed by atoms with Gasteiger partial charge in [0.25, 0.3) is 5.91 Å². The number of nitrogens with zero attached hydrogens (tertiary/aromatic N) is 1. The molecule has 0 aliphatic heterocycles. The summed E-state index contributed by atoms with van der Waals surface area (Å²) in [5.74, 6) is -1.67. The molecule has 1 aliphatic carbocycles. The summed E-state index contributed by atoms with van der Waals surface area (Å²) in [6.45, 7) is 0. The zero-order valence-corrected chi connectivity index (χ0v) is 14.5. The number of carbonyl (C=O) groups excluding carboxylic acids is 2. The maximum Gasteiger partial charge on any atom is 0.306 e. The fourth-order valence-corrected chi connectivity index (χ4v) is 3.12. The molecule has 0 saturated heterocycles. The van der Waals surface area contributed by atoms with Crippen LogP contribution in [0.2, 0.25) is 5.02 Å². The molecule has 0 bridgehead atoms. The Kier molecular flexibility index (Phi) is 5.83. The topological polar surface area (TPSA) is 86.7 Å². The van der Waals surface area contributed by atoms with Crippen molar-refractivity contribution in [2.45, 2.75) is 25.7 Å². The molecule has 130 valence electrons. The molecule has 6 nitrogen and oxygen atoms in total. The lowest BCUT2D eigenvalue weighted by Crippen LogP contribution is -2.29. The summed E-state index contributed by atoms with van der Waals surface area (Å²) >= 11 is 6.13. The third kappa shape index (κ3) is 4.26. The summed E-state index contributed by atoms with van der Waals surface area (Å²) < 4.78 is 0. The molecule has 0 heterocycles. The summed E-state index contributed by atoms with van der Waals surface area (Å²) in [6.07, 6.45) is 2.16. The Morgan fingerprint density at radius 2 is 1.71 bits per heavy atom. The van der Waals surface area contributed by atoms with Crippen molar-refractivity contribution in [1.82, 2.24) is 4.90 Å². The summed E-state index contributed by atoms with van der Waals surface area (Å²) in [5, 5.41) is 12.1. The highest BCUT2D eigenvalue weighted by atomic mass is 35.5. The van der Waals surface area contributed by atoms with Gasteiger partial charge in [0.05, 0.1) is 16.5 Å². The number of carboxylic acids is 1. The SMILES string of the molecule is CN(C)C(=O)c1ccc(NC(=O)C2CCC(C(=O)O)CC2)cc1Cl. The fraction of sp³-hybridized carbons (Fsp3) is 0.471. The zero-order chi connectivity index (χ0) is 17.9. The number of aliphatic carboxylic acids is 1. The predicted octanol–water partition coefficient (Wildman–Crippen LogP) is 2.87. The molecule has 0 unspecified atom stereocenters. The second kappa shape index (κ2) is 7.66. The summed E-state index contributed by atoms with van der Waals surface area (Å²) in [4.78, 5) is 36.6. The molecule has 0 radical (unpaired) electrons. The molecule has 2 N–H and O–H groups in total. The number of carbonyl (C=O) groups is 3. The van der Waals surface area contributed by atoms with Crippen LogP contribution in [0.1, 0.15) is 36.0 Å².